The number of halogens is 1. The SMILES string of the molecule is OCCO[C@@H]1CO[C@@H]2[C@@H]1OC[C@H]2Oc1nc2nc(-c3ccc(-c4ccccc4)cc3)c(Cl)cc2[nH]1. The lowest BCUT2D eigenvalue weighted by molar-refractivity contribution is -0.0444. The first-order chi connectivity index (χ1) is 17.2. The molecule has 0 saturated carbocycles. The van der Waals surface area contributed by atoms with E-state index in [4.69, 9.17) is 40.6 Å². The van der Waals surface area contributed by atoms with Crippen LogP contribution >= 0.6 is 11.6 Å². The number of aliphatic hydroxyl groups excluding tert-OH is 1. The predicted octanol–water partition coefficient (Wildman–Crippen LogP) is 3.87. The Hall–Kier alpha value is -3.01. The molecule has 0 radical (unpaired) electrons. The summed E-state index contributed by atoms with van der Waals surface area (Å²) in [6.07, 6.45) is -1.03. The van der Waals surface area contributed by atoms with E-state index in [1.165, 1.54) is 0 Å². The molecule has 6 rings (SSSR count). The standard InChI is InChI=1S/C26H24ClN3O5/c27-18-12-19-25(29-22(18)17-8-6-16(7-9-17)15-4-2-1-3-5-15)30-26(28-19)35-21-14-34-23-20(32-11-10-31)13-33-24(21)23/h1-9,12,20-21,23-24,31H,10-11,13-14H2,(H,28,29,30)/t20-,21-,23-,24+/m1/s1. The Morgan fingerprint density at radius 1 is 0.914 bits per heavy atom. The van der Waals surface area contributed by atoms with Crippen molar-refractivity contribution in [1.29, 1.82) is 0 Å². The van der Waals surface area contributed by atoms with Gasteiger partial charge in [-0.15, -0.1) is 0 Å². The van der Waals surface area contributed by atoms with Crippen molar-refractivity contribution in [2.75, 3.05) is 26.4 Å². The van der Waals surface area contributed by atoms with Crippen molar-refractivity contribution in [2.24, 2.45) is 0 Å². The Bertz CT molecular complexity index is 1310. The van der Waals surface area contributed by atoms with Gasteiger partial charge in [-0.05, 0) is 17.2 Å². The topological polar surface area (TPSA) is 98.7 Å². The second-order valence-electron chi connectivity index (χ2n) is 8.56. The molecule has 2 aromatic heterocycles. The Morgan fingerprint density at radius 3 is 2.37 bits per heavy atom. The summed E-state index contributed by atoms with van der Waals surface area (Å²) in [6.45, 7) is 0.971. The third kappa shape index (κ3) is 4.39. The van der Waals surface area contributed by atoms with E-state index in [0.717, 1.165) is 16.7 Å². The summed E-state index contributed by atoms with van der Waals surface area (Å²) in [5.74, 6) is 0. The molecule has 0 spiro atoms. The van der Waals surface area contributed by atoms with Gasteiger partial charge in [0.25, 0.3) is 6.01 Å². The van der Waals surface area contributed by atoms with Gasteiger partial charge in [0.05, 0.1) is 42.7 Å². The number of aliphatic hydroxyl groups is 1. The minimum atomic E-state index is -0.330. The first kappa shape index (κ1) is 22.5. The fourth-order valence-electron chi connectivity index (χ4n) is 4.63. The maximum atomic E-state index is 9.00. The van der Waals surface area contributed by atoms with Crippen molar-refractivity contribution in [3.05, 3.63) is 65.7 Å². The van der Waals surface area contributed by atoms with Crippen LogP contribution in [0.25, 0.3) is 33.5 Å². The number of rotatable bonds is 7. The normalized spacial score (nSPS) is 23.6. The first-order valence-corrected chi connectivity index (χ1v) is 11.9. The maximum Gasteiger partial charge on any atom is 0.296 e. The summed E-state index contributed by atoms with van der Waals surface area (Å²) in [6, 6.07) is 20.5. The van der Waals surface area contributed by atoms with E-state index in [2.05, 4.69) is 34.2 Å². The number of nitrogens with zero attached hydrogens (tertiary/aromatic N) is 2. The van der Waals surface area contributed by atoms with Crippen molar-refractivity contribution in [3.8, 4) is 28.4 Å². The lowest BCUT2D eigenvalue weighted by Crippen LogP contribution is -2.36. The van der Waals surface area contributed by atoms with Crippen LogP contribution in [0, 0.1) is 0 Å². The number of pyridine rings is 1. The molecule has 0 aliphatic carbocycles. The van der Waals surface area contributed by atoms with Gasteiger partial charge in [-0.2, -0.15) is 4.98 Å². The van der Waals surface area contributed by atoms with Gasteiger partial charge >= 0.3 is 0 Å². The minimum Gasteiger partial charge on any atom is -0.456 e. The highest BCUT2D eigenvalue weighted by Gasteiger charge is 2.49. The summed E-state index contributed by atoms with van der Waals surface area (Å²) >= 11 is 6.58. The Morgan fingerprint density at radius 2 is 1.60 bits per heavy atom. The van der Waals surface area contributed by atoms with Gasteiger partial charge in [-0.3, -0.25) is 0 Å². The van der Waals surface area contributed by atoms with Crippen LogP contribution < -0.4 is 4.74 Å². The number of H-pyrrole nitrogens is 1. The molecule has 35 heavy (non-hydrogen) atoms. The number of imidazole rings is 1. The van der Waals surface area contributed by atoms with E-state index in [1.807, 2.05) is 36.4 Å². The average Bonchev–Trinajstić information content (AvgIpc) is 3.59. The third-order valence-corrected chi connectivity index (χ3v) is 6.61. The molecular weight excluding hydrogens is 470 g/mol. The number of fused-ring (bicyclic) bond motifs is 2. The molecule has 2 aromatic carbocycles. The van der Waals surface area contributed by atoms with Gasteiger partial charge in [-0.1, -0.05) is 66.2 Å². The summed E-state index contributed by atoms with van der Waals surface area (Å²) < 4.78 is 23.4. The zero-order chi connectivity index (χ0) is 23.8. The van der Waals surface area contributed by atoms with Crippen molar-refractivity contribution < 1.29 is 24.1 Å². The van der Waals surface area contributed by atoms with E-state index in [1.54, 1.807) is 0 Å². The molecule has 2 saturated heterocycles. The molecule has 8 nitrogen and oxygen atoms in total. The van der Waals surface area contributed by atoms with Gasteiger partial charge in [0.1, 0.15) is 18.3 Å². The molecule has 2 aliphatic heterocycles. The maximum absolute atomic E-state index is 9.00. The van der Waals surface area contributed by atoms with Crippen molar-refractivity contribution in [3.63, 3.8) is 0 Å². The number of nitrogens with one attached hydrogen (secondary N) is 1. The molecule has 0 amide bonds. The van der Waals surface area contributed by atoms with Crippen LogP contribution in [0.5, 0.6) is 6.01 Å². The van der Waals surface area contributed by atoms with Crippen LogP contribution in [-0.4, -0.2) is 70.9 Å². The lowest BCUT2D eigenvalue weighted by Gasteiger charge is -2.16. The molecule has 4 atom stereocenters. The van der Waals surface area contributed by atoms with Gasteiger partial charge in [-0.25, -0.2) is 4.98 Å². The van der Waals surface area contributed by atoms with Crippen LogP contribution in [-0.2, 0) is 14.2 Å². The van der Waals surface area contributed by atoms with E-state index >= 15 is 0 Å². The number of benzene rings is 2. The smallest absolute Gasteiger partial charge is 0.296 e. The van der Waals surface area contributed by atoms with Crippen LogP contribution in [0.3, 0.4) is 0 Å². The lowest BCUT2D eigenvalue weighted by atomic mass is 10.0. The highest BCUT2D eigenvalue weighted by atomic mass is 35.5. The molecule has 0 bridgehead atoms. The molecule has 0 unspecified atom stereocenters. The largest absolute Gasteiger partial charge is 0.456 e. The fourth-order valence-corrected chi connectivity index (χ4v) is 4.89. The van der Waals surface area contributed by atoms with E-state index in [9.17, 15) is 0 Å². The second-order valence-corrected chi connectivity index (χ2v) is 8.97. The molecule has 2 fully saturated rings. The highest BCUT2D eigenvalue weighted by Crippen LogP contribution is 2.33. The Kier molecular flexibility index (Phi) is 6.13. The average molecular weight is 494 g/mol. The van der Waals surface area contributed by atoms with E-state index in [0.29, 0.717) is 41.1 Å². The zero-order valence-electron chi connectivity index (χ0n) is 18.8. The van der Waals surface area contributed by atoms with E-state index < -0.39 is 0 Å². The Labute approximate surface area is 206 Å². The monoisotopic (exact) mass is 493 g/mol. The van der Waals surface area contributed by atoms with Gasteiger partial charge < -0.3 is 29.0 Å². The third-order valence-electron chi connectivity index (χ3n) is 6.32. The molecule has 2 aliphatic rings. The molecule has 9 heteroatoms. The van der Waals surface area contributed by atoms with E-state index in [-0.39, 0.29) is 37.6 Å². The Balaban J connectivity index is 1.20. The van der Waals surface area contributed by atoms with Crippen molar-refractivity contribution in [1.82, 2.24) is 15.0 Å². The van der Waals surface area contributed by atoms with Gasteiger partial charge in [0.15, 0.2) is 11.8 Å². The van der Waals surface area contributed by atoms with Crippen molar-refractivity contribution >= 4 is 22.8 Å². The van der Waals surface area contributed by atoms with Gasteiger partial charge in [0, 0.05) is 5.56 Å². The number of aromatic amines is 1. The van der Waals surface area contributed by atoms with Crippen molar-refractivity contribution in [2.45, 2.75) is 24.4 Å². The first-order valence-electron chi connectivity index (χ1n) is 11.5. The van der Waals surface area contributed by atoms with Crippen LogP contribution in [0.2, 0.25) is 5.02 Å². The number of ether oxygens (including phenoxy) is 4. The predicted molar refractivity (Wildman–Crippen MR) is 130 cm³/mol. The summed E-state index contributed by atoms with van der Waals surface area (Å²) in [5, 5.41) is 9.52. The van der Waals surface area contributed by atoms with Crippen LogP contribution in [0.15, 0.2) is 60.7 Å². The summed E-state index contributed by atoms with van der Waals surface area (Å²) in [5.41, 5.74) is 5.03. The summed E-state index contributed by atoms with van der Waals surface area (Å²) in [7, 11) is 0. The fraction of sp³-hybridized carbons (Fsp3) is 0.308. The van der Waals surface area contributed by atoms with Gasteiger partial charge in [0.2, 0.25) is 0 Å². The zero-order valence-corrected chi connectivity index (χ0v) is 19.5. The summed E-state index contributed by atoms with van der Waals surface area (Å²) in [4.78, 5) is 12.4. The molecule has 4 aromatic rings. The highest BCUT2D eigenvalue weighted by molar-refractivity contribution is 6.33. The minimum absolute atomic E-state index is 0.0402. The molecule has 4 heterocycles. The van der Waals surface area contributed by atoms with Crippen LogP contribution in [0.1, 0.15) is 0 Å². The molecular formula is C26H24ClN3O5. The second kappa shape index (κ2) is 9.56. The number of hydrogen-bond acceptors (Lipinski definition) is 7. The molecule has 180 valence electrons. The van der Waals surface area contributed by atoms with Crippen LogP contribution in [0.4, 0.5) is 0 Å². The number of hydrogen-bond donors (Lipinski definition) is 2. The molecule has 2 N–H and O–H groups in total. The quantitative estimate of drug-likeness (QED) is 0.403. The number of aromatic nitrogens is 3.